The first-order chi connectivity index (χ1) is 14.9. The number of hydrogen-bond acceptors (Lipinski definition) is 6. The van der Waals surface area contributed by atoms with Crippen LogP contribution in [0.5, 0.6) is 11.5 Å². The molecule has 0 bridgehead atoms. The largest absolute Gasteiger partial charge is 0.493 e. The van der Waals surface area contributed by atoms with Gasteiger partial charge in [-0.1, -0.05) is 30.3 Å². The van der Waals surface area contributed by atoms with E-state index in [0.29, 0.717) is 35.0 Å². The summed E-state index contributed by atoms with van der Waals surface area (Å²) < 4.78 is 36.2. The van der Waals surface area contributed by atoms with Gasteiger partial charge in [-0.2, -0.15) is 5.10 Å². The number of methoxy groups -OCH3 is 2. The molecular weight excluding hydrogens is 418 g/mol. The summed E-state index contributed by atoms with van der Waals surface area (Å²) in [6, 6.07) is 15.8. The maximum atomic E-state index is 13.0. The lowest BCUT2D eigenvalue weighted by Crippen LogP contribution is -2.19. The van der Waals surface area contributed by atoms with Crippen LogP contribution in [-0.2, 0) is 9.84 Å². The summed E-state index contributed by atoms with van der Waals surface area (Å²) in [7, 11) is -0.0911. The third-order valence-electron chi connectivity index (χ3n) is 5.25. The molecule has 1 aliphatic rings. The molecule has 1 amide bonds. The van der Waals surface area contributed by atoms with Gasteiger partial charge in [0.15, 0.2) is 21.3 Å². The van der Waals surface area contributed by atoms with Crippen molar-refractivity contribution in [2.24, 2.45) is 0 Å². The van der Waals surface area contributed by atoms with Gasteiger partial charge < -0.3 is 14.8 Å². The van der Waals surface area contributed by atoms with E-state index in [0.717, 1.165) is 5.56 Å². The van der Waals surface area contributed by atoms with E-state index < -0.39 is 9.84 Å². The van der Waals surface area contributed by atoms with Gasteiger partial charge in [0, 0.05) is 17.2 Å². The standard InChI is InChI=1S/C22H23N3O5S/c1-29-19-9-8-16(12-20(19)30-2)22(26)23-21-13-18(15-6-4-3-5-7-15)24-25(21)17-10-11-31(27,28)14-17/h3-9,12-13,17H,10-11,14H2,1-2H3,(H,23,26)/t17-/m0/s1. The fourth-order valence-electron chi connectivity index (χ4n) is 3.65. The Labute approximate surface area is 180 Å². The lowest BCUT2D eigenvalue weighted by Gasteiger charge is -2.14. The number of sulfone groups is 1. The number of carbonyl (C=O) groups excluding carboxylic acids is 1. The van der Waals surface area contributed by atoms with E-state index in [9.17, 15) is 13.2 Å². The fourth-order valence-corrected chi connectivity index (χ4v) is 5.34. The van der Waals surface area contributed by atoms with E-state index in [2.05, 4.69) is 10.4 Å². The Morgan fingerprint density at radius 3 is 2.45 bits per heavy atom. The van der Waals surface area contributed by atoms with Crippen LogP contribution >= 0.6 is 0 Å². The quantitative estimate of drug-likeness (QED) is 0.631. The number of aromatic nitrogens is 2. The zero-order valence-corrected chi connectivity index (χ0v) is 18.1. The molecule has 0 saturated carbocycles. The molecule has 8 nitrogen and oxygen atoms in total. The summed E-state index contributed by atoms with van der Waals surface area (Å²) in [5, 5.41) is 7.51. The van der Waals surface area contributed by atoms with Crippen molar-refractivity contribution in [3.63, 3.8) is 0 Å². The predicted octanol–water partition coefficient (Wildman–Crippen LogP) is 3.18. The number of hydrogen-bond donors (Lipinski definition) is 1. The van der Waals surface area contributed by atoms with Crippen molar-refractivity contribution in [2.45, 2.75) is 12.5 Å². The SMILES string of the molecule is COc1ccc(C(=O)Nc2cc(-c3ccccc3)nn2[C@H]2CCS(=O)(=O)C2)cc1OC. The molecule has 1 N–H and O–H groups in total. The van der Waals surface area contributed by atoms with E-state index in [4.69, 9.17) is 9.47 Å². The highest BCUT2D eigenvalue weighted by Gasteiger charge is 2.32. The van der Waals surface area contributed by atoms with Gasteiger partial charge >= 0.3 is 0 Å². The highest BCUT2D eigenvalue weighted by molar-refractivity contribution is 7.91. The fraction of sp³-hybridized carbons (Fsp3) is 0.273. The van der Waals surface area contributed by atoms with Crippen LogP contribution < -0.4 is 14.8 Å². The Hall–Kier alpha value is -3.33. The second-order valence-corrected chi connectivity index (χ2v) is 9.53. The highest BCUT2D eigenvalue weighted by atomic mass is 32.2. The topological polar surface area (TPSA) is 99.5 Å². The van der Waals surface area contributed by atoms with Gasteiger partial charge in [0.05, 0.1) is 37.5 Å². The molecule has 31 heavy (non-hydrogen) atoms. The molecule has 2 heterocycles. The Morgan fingerprint density at radius 1 is 1.06 bits per heavy atom. The van der Waals surface area contributed by atoms with Crippen LogP contribution in [0.25, 0.3) is 11.3 Å². The molecule has 1 aliphatic heterocycles. The maximum Gasteiger partial charge on any atom is 0.256 e. The molecule has 1 fully saturated rings. The minimum absolute atomic E-state index is 0.00212. The van der Waals surface area contributed by atoms with Gasteiger partial charge in [0.1, 0.15) is 5.82 Å². The van der Waals surface area contributed by atoms with Gasteiger partial charge in [-0.05, 0) is 24.6 Å². The summed E-state index contributed by atoms with van der Waals surface area (Å²) in [5.41, 5.74) is 1.92. The van der Waals surface area contributed by atoms with Crippen molar-refractivity contribution in [3.05, 3.63) is 60.2 Å². The van der Waals surface area contributed by atoms with Crippen molar-refractivity contribution in [1.82, 2.24) is 9.78 Å². The molecule has 0 aliphatic carbocycles. The van der Waals surface area contributed by atoms with Crippen LogP contribution in [0.3, 0.4) is 0 Å². The Morgan fingerprint density at radius 2 is 1.81 bits per heavy atom. The van der Waals surface area contributed by atoms with Gasteiger partial charge in [-0.3, -0.25) is 4.79 Å². The molecule has 0 spiro atoms. The number of anilines is 1. The van der Waals surface area contributed by atoms with Gasteiger partial charge in [0.25, 0.3) is 5.91 Å². The Kier molecular flexibility index (Phi) is 5.69. The first-order valence-electron chi connectivity index (χ1n) is 9.79. The molecule has 1 atom stereocenters. The number of carbonyl (C=O) groups is 1. The first-order valence-corrected chi connectivity index (χ1v) is 11.6. The molecule has 9 heteroatoms. The number of nitrogens with zero attached hydrogens (tertiary/aromatic N) is 2. The summed E-state index contributed by atoms with van der Waals surface area (Å²) in [4.78, 5) is 13.0. The molecule has 2 aromatic carbocycles. The van der Waals surface area contributed by atoms with Crippen molar-refractivity contribution >= 4 is 21.6 Å². The third kappa shape index (κ3) is 4.41. The predicted molar refractivity (Wildman–Crippen MR) is 117 cm³/mol. The molecule has 0 radical (unpaired) electrons. The normalized spacial score (nSPS) is 17.3. The average Bonchev–Trinajstić information content (AvgIpc) is 3.36. The molecule has 1 saturated heterocycles. The Bertz CT molecular complexity index is 1210. The van der Waals surface area contributed by atoms with Crippen molar-refractivity contribution < 1.29 is 22.7 Å². The number of ether oxygens (including phenoxy) is 2. The van der Waals surface area contributed by atoms with Crippen LogP contribution in [0.2, 0.25) is 0 Å². The molecule has 1 aromatic heterocycles. The van der Waals surface area contributed by atoms with E-state index >= 15 is 0 Å². The summed E-state index contributed by atoms with van der Waals surface area (Å²) >= 11 is 0. The number of nitrogens with one attached hydrogen (secondary N) is 1. The summed E-state index contributed by atoms with van der Waals surface area (Å²) in [5.74, 6) is 1.16. The molecule has 0 unspecified atom stereocenters. The smallest absolute Gasteiger partial charge is 0.256 e. The number of benzene rings is 2. The molecule has 3 aromatic rings. The number of amides is 1. The van der Waals surface area contributed by atoms with Gasteiger partial charge in [0.2, 0.25) is 0 Å². The van der Waals surface area contributed by atoms with Gasteiger partial charge in [-0.25, -0.2) is 13.1 Å². The van der Waals surface area contributed by atoms with E-state index in [1.54, 1.807) is 28.9 Å². The van der Waals surface area contributed by atoms with E-state index in [1.165, 1.54) is 14.2 Å². The third-order valence-corrected chi connectivity index (χ3v) is 7.00. The second kappa shape index (κ2) is 8.43. The van der Waals surface area contributed by atoms with Gasteiger partial charge in [-0.15, -0.1) is 0 Å². The van der Waals surface area contributed by atoms with Crippen LogP contribution in [0.4, 0.5) is 5.82 Å². The Balaban J connectivity index is 1.68. The minimum Gasteiger partial charge on any atom is -0.493 e. The average molecular weight is 442 g/mol. The second-order valence-electron chi connectivity index (χ2n) is 7.31. The van der Waals surface area contributed by atoms with Crippen LogP contribution in [-0.4, -0.2) is 49.8 Å². The summed E-state index contributed by atoms with van der Waals surface area (Å²) in [6.07, 6.45) is 0.456. The van der Waals surface area contributed by atoms with Crippen LogP contribution in [0, 0.1) is 0 Å². The van der Waals surface area contributed by atoms with E-state index in [-0.39, 0.29) is 23.5 Å². The molecule has 162 valence electrons. The monoisotopic (exact) mass is 441 g/mol. The molecular formula is C22H23N3O5S. The lowest BCUT2D eigenvalue weighted by molar-refractivity contribution is 0.102. The zero-order valence-electron chi connectivity index (χ0n) is 17.2. The molecule has 4 rings (SSSR count). The van der Waals surface area contributed by atoms with Crippen molar-refractivity contribution in [1.29, 1.82) is 0 Å². The van der Waals surface area contributed by atoms with Crippen LogP contribution in [0.15, 0.2) is 54.6 Å². The first kappa shape index (κ1) is 20.9. The zero-order chi connectivity index (χ0) is 22.0. The van der Waals surface area contributed by atoms with E-state index in [1.807, 2.05) is 30.3 Å². The maximum absolute atomic E-state index is 13.0. The number of rotatable bonds is 6. The lowest BCUT2D eigenvalue weighted by atomic mass is 10.1. The van der Waals surface area contributed by atoms with Crippen LogP contribution in [0.1, 0.15) is 22.8 Å². The highest BCUT2D eigenvalue weighted by Crippen LogP contribution is 2.31. The summed E-state index contributed by atoms with van der Waals surface area (Å²) in [6.45, 7) is 0. The minimum atomic E-state index is -3.12. The van der Waals surface area contributed by atoms with Crippen molar-refractivity contribution in [3.8, 4) is 22.8 Å². The van der Waals surface area contributed by atoms with Crippen molar-refractivity contribution in [2.75, 3.05) is 31.0 Å².